The van der Waals surface area contributed by atoms with Crippen LogP contribution < -0.4 is 10.5 Å². The summed E-state index contributed by atoms with van der Waals surface area (Å²) >= 11 is 0. The molecule has 0 aliphatic carbocycles. The van der Waals surface area contributed by atoms with Gasteiger partial charge in [-0.1, -0.05) is 6.92 Å². The fraction of sp³-hybridized carbons (Fsp3) is 0.455. The molecule has 0 aromatic heterocycles. The third kappa shape index (κ3) is 2.88. The number of rotatable bonds is 5. The lowest BCUT2D eigenvalue weighted by molar-refractivity contribution is 0.341. The molecule has 1 rings (SSSR count). The minimum absolute atomic E-state index is 0.141. The Morgan fingerprint density at radius 2 is 2.00 bits per heavy atom. The standard InChI is InChI=1S/C11H17NO3S/c1-3-7-16(13,14)9-5-6-10(12)11(8-9)15-4-2/h5-6,8H,3-4,7,12H2,1-2H3. The minimum Gasteiger partial charge on any atom is -0.492 e. The van der Waals surface area contributed by atoms with Crippen molar-refractivity contribution < 1.29 is 13.2 Å². The number of nitrogens with two attached hydrogens (primary N) is 1. The van der Waals surface area contributed by atoms with Crippen LogP contribution in [0.1, 0.15) is 20.3 Å². The van der Waals surface area contributed by atoms with E-state index in [9.17, 15) is 8.42 Å². The monoisotopic (exact) mass is 243 g/mol. The van der Waals surface area contributed by atoms with Crippen molar-refractivity contribution in [3.8, 4) is 5.75 Å². The van der Waals surface area contributed by atoms with Gasteiger partial charge in [0.2, 0.25) is 0 Å². The first-order valence-corrected chi connectivity index (χ1v) is 6.91. The van der Waals surface area contributed by atoms with Gasteiger partial charge in [0, 0.05) is 6.07 Å². The van der Waals surface area contributed by atoms with E-state index in [-0.39, 0.29) is 10.6 Å². The summed E-state index contributed by atoms with van der Waals surface area (Å²) in [5, 5.41) is 0. The molecular formula is C11H17NO3S. The van der Waals surface area contributed by atoms with Gasteiger partial charge >= 0.3 is 0 Å². The molecule has 90 valence electrons. The van der Waals surface area contributed by atoms with Gasteiger partial charge in [-0.05, 0) is 25.5 Å². The highest BCUT2D eigenvalue weighted by Crippen LogP contribution is 2.25. The molecule has 0 aliphatic heterocycles. The predicted octanol–water partition coefficient (Wildman–Crippen LogP) is 1.85. The van der Waals surface area contributed by atoms with E-state index in [2.05, 4.69) is 0 Å². The van der Waals surface area contributed by atoms with E-state index in [4.69, 9.17) is 10.5 Å². The third-order valence-corrected chi connectivity index (χ3v) is 4.03. The minimum atomic E-state index is -3.20. The number of benzene rings is 1. The maximum atomic E-state index is 11.8. The van der Waals surface area contributed by atoms with E-state index >= 15 is 0 Å². The Morgan fingerprint density at radius 3 is 2.56 bits per heavy atom. The number of nitrogen functional groups attached to an aromatic ring is 1. The molecule has 5 heteroatoms. The molecule has 1 aromatic rings. The summed E-state index contributed by atoms with van der Waals surface area (Å²) in [6.45, 7) is 4.12. The average Bonchev–Trinajstić information content (AvgIpc) is 2.21. The van der Waals surface area contributed by atoms with E-state index in [0.717, 1.165) is 0 Å². The molecule has 0 radical (unpaired) electrons. The number of ether oxygens (including phenoxy) is 1. The predicted molar refractivity (Wildman–Crippen MR) is 64.4 cm³/mol. The maximum absolute atomic E-state index is 11.8. The number of sulfone groups is 1. The second-order valence-electron chi connectivity index (χ2n) is 3.45. The molecule has 0 heterocycles. The van der Waals surface area contributed by atoms with Crippen LogP contribution in [-0.2, 0) is 9.84 Å². The van der Waals surface area contributed by atoms with E-state index in [1.807, 2.05) is 13.8 Å². The van der Waals surface area contributed by atoms with Gasteiger partial charge in [-0.2, -0.15) is 0 Å². The Morgan fingerprint density at radius 1 is 1.31 bits per heavy atom. The van der Waals surface area contributed by atoms with Gasteiger partial charge in [-0.3, -0.25) is 0 Å². The largest absolute Gasteiger partial charge is 0.492 e. The molecule has 0 amide bonds. The zero-order valence-corrected chi connectivity index (χ0v) is 10.4. The zero-order valence-electron chi connectivity index (χ0n) is 9.56. The first-order valence-electron chi connectivity index (χ1n) is 5.26. The van der Waals surface area contributed by atoms with Crippen LogP contribution in [0.15, 0.2) is 23.1 Å². The summed E-state index contributed by atoms with van der Waals surface area (Å²) in [6, 6.07) is 4.57. The second-order valence-corrected chi connectivity index (χ2v) is 5.56. The first kappa shape index (κ1) is 12.8. The lowest BCUT2D eigenvalue weighted by atomic mass is 10.3. The molecule has 0 unspecified atom stereocenters. The summed E-state index contributed by atoms with van der Waals surface area (Å²) in [6.07, 6.45) is 0.594. The van der Waals surface area contributed by atoms with Crippen molar-refractivity contribution in [2.24, 2.45) is 0 Å². The third-order valence-electron chi connectivity index (χ3n) is 2.12. The van der Waals surface area contributed by atoms with Gasteiger partial charge in [-0.15, -0.1) is 0 Å². The lowest BCUT2D eigenvalue weighted by Crippen LogP contribution is -2.07. The Labute approximate surface area is 96.3 Å². The van der Waals surface area contributed by atoms with E-state index in [1.54, 1.807) is 6.07 Å². The fourth-order valence-corrected chi connectivity index (χ4v) is 2.71. The van der Waals surface area contributed by atoms with Gasteiger partial charge in [0.25, 0.3) is 0 Å². The number of hydrogen-bond donors (Lipinski definition) is 1. The van der Waals surface area contributed by atoms with E-state index < -0.39 is 9.84 Å². The summed E-state index contributed by atoms with van der Waals surface area (Å²) in [5.74, 6) is 0.572. The van der Waals surface area contributed by atoms with Crippen LogP contribution in [0.4, 0.5) is 5.69 Å². The van der Waals surface area contributed by atoms with Gasteiger partial charge in [0.05, 0.1) is 22.9 Å². The van der Waals surface area contributed by atoms with Crippen LogP contribution in [0.5, 0.6) is 5.75 Å². The highest BCUT2D eigenvalue weighted by atomic mass is 32.2. The zero-order chi connectivity index (χ0) is 12.2. The van der Waals surface area contributed by atoms with Crippen molar-refractivity contribution in [3.05, 3.63) is 18.2 Å². The van der Waals surface area contributed by atoms with Crippen LogP contribution in [-0.4, -0.2) is 20.8 Å². The quantitative estimate of drug-likeness (QED) is 0.801. The molecule has 1 aromatic carbocycles. The Hall–Kier alpha value is -1.23. The van der Waals surface area contributed by atoms with Gasteiger partial charge in [-0.25, -0.2) is 8.42 Å². The SMILES string of the molecule is CCCS(=O)(=O)c1ccc(N)c(OCC)c1. The summed E-state index contributed by atoms with van der Waals surface area (Å²) in [4.78, 5) is 0.270. The molecule has 0 bridgehead atoms. The highest BCUT2D eigenvalue weighted by Gasteiger charge is 2.14. The van der Waals surface area contributed by atoms with Gasteiger partial charge in [0.15, 0.2) is 9.84 Å². The number of hydrogen-bond acceptors (Lipinski definition) is 4. The topological polar surface area (TPSA) is 69.4 Å². The van der Waals surface area contributed by atoms with Crippen LogP contribution in [0.25, 0.3) is 0 Å². The molecule has 4 nitrogen and oxygen atoms in total. The molecule has 2 N–H and O–H groups in total. The van der Waals surface area contributed by atoms with Crippen LogP contribution in [0.2, 0.25) is 0 Å². The smallest absolute Gasteiger partial charge is 0.178 e. The van der Waals surface area contributed by atoms with Crippen molar-refractivity contribution in [3.63, 3.8) is 0 Å². The summed E-state index contributed by atoms with van der Waals surface area (Å²) in [5.41, 5.74) is 6.13. The number of anilines is 1. The molecule has 0 saturated heterocycles. The maximum Gasteiger partial charge on any atom is 0.178 e. The fourth-order valence-electron chi connectivity index (χ4n) is 1.38. The van der Waals surface area contributed by atoms with Crippen molar-refractivity contribution in [1.82, 2.24) is 0 Å². The lowest BCUT2D eigenvalue weighted by Gasteiger charge is -2.09. The Balaban J connectivity index is 3.12. The molecule has 0 saturated carbocycles. The Kier molecular flexibility index (Phi) is 4.18. The highest BCUT2D eigenvalue weighted by molar-refractivity contribution is 7.91. The normalized spacial score (nSPS) is 11.4. The molecule has 0 fully saturated rings. The van der Waals surface area contributed by atoms with E-state index in [0.29, 0.717) is 24.5 Å². The van der Waals surface area contributed by atoms with Crippen molar-refractivity contribution >= 4 is 15.5 Å². The average molecular weight is 243 g/mol. The summed E-state index contributed by atoms with van der Waals surface area (Å²) in [7, 11) is -3.20. The summed E-state index contributed by atoms with van der Waals surface area (Å²) < 4.78 is 28.9. The van der Waals surface area contributed by atoms with Gasteiger partial charge < -0.3 is 10.5 Å². The molecule has 16 heavy (non-hydrogen) atoms. The Bertz CT molecular complexity index is 454. The van der Waals surface area contributed by atoms with Crippen molar-refractivity contribution in [2.75, 3.05) is 18.1 Å². The molecule has 0 spiro atoms. The molecule has 0 atom stereocenters. The second kappa shape index (κ2) is 5.21. The van der Waals surface area contributed by atoms with Gasteiger partial charge in [0.1, 0.15) is 5.75 Å². The van der Waals surface area contributed by atoms with Crippen LogP contribution in [0, 0.1) is 0 Å². The van der Waals surface area contributed by atoms with Crippen molar-refractivity contribution in [2.45, 2.75) is 25.2 Å². The van der Waals surface area contributed by atoms with E-state index in [1.165, 1.54) is 12.1 Å². The molecule has 0 aliphatic rings. The van der Waals surface area contributed by atoms with Crippen molar-refractivity contribution in [1.29, 1.82) is 0 Å². The first-order chi connectivity index (χ1) is 7.51. The van der Waals surface area contributed by atoms with Crippen LogP contribution >= 0.6 is 0 Å². The molecular weight excluding hydrogens is 226 g/mol. The van der Waals surface area contributed by atoms with Crippen LogP contribution in [0.3, 0.4) is 0 Å².